The molecule has 0 bridgehead atoms. The Morgan fingerprint density at radius 2 is 1.36 bits per heavy atom. The van der Waals surface area contributed by atoms with E-state index in [1.807, 2.05) is 27.7 Å². The van der Waals surface area contributed by atoms with Gasteiger partial charge in [0.1, 0.15) is 0 Å². The Bertz CT molecular complexity index is 136. The van der Waals surface area contributed by atoms with Gasteiger partial charge in [-0.25, -0.2) is 0 Å². The highest BCUT2D eigenvalue weighted by atomic mass is 16.8. The average Bonchev–Trinajstić information content (AvgIpc) is 1.82. The lowest BCUT2D eigenvalue weighted by atomic mass is 9.86. The van der Waals surface area contributed by atoms with Gasteiger partial charge in [-0.3, -0.25) is 0 Å². The van der Waals surface area contributed by atoms with E-state index in [1.54, 1.807) is 0 Å². The van der Waals surface area contributed by atoms with Crippen LogP contribution in [-0.2, 0) is 5.21 Å². The molecule has 1 rings (SSSR count). The zero-order valence-corrected chi connectivity index (χ0v) is 7.98. The highest BCUT2D eigenvalue weighted by molar-refractivity contribution is 4.91. The van der Waals surface area contributed by atoms with E-state index in [0.29, 0.717) is 0 Å². The molecule has 1 heterocycles. The number of hydrogen-bond donors (Lipinski definition) is 0. The predicted octanol–water partition coefficient (Wildman–Crippen LogP) is 2.38. The third kappa shape index (κ3) is 1.57. The van der Waals surface area contributed by atoms with Crippen LogP contribution >= 0.6 is 0 Å². The highest BCUT2D eigenvalue weighted by Gasteiger charge is 2.41. The summed E-state index contributed by atoms with van der Waals surface area (Å²) in [4.78, 5) is 0. The fourth-order valence-electron chi connectivity index (χ4n) is 1.98. The molecule has 0 atom stereocenters. The Balaban J connectivity index is 2.76. The SMILES string of the molecule is CC1(C)CCCC(C)(C)[15N]1[O]. The van der Waals surface area contributed by atoms with Gasteiger partial charge in [0.15, 0.2) is 0 Å². The number of piperidine rings is 1. The van der Waals surface area contributed by atoms with Crippen molar-refractivity contribution in [2.45, 2.75) is 58.0 Å². The second kappa shape index (κ2) is 2.46. The van der Waals surface area contributed by atoms with E-state index in [4.69, 9.17) is 0 Å². The summed E-state index contributed by atoms with van der Waals surface area (Å²) in [5.74, 6) is 0. The van der Waals surface area contributed by atoms with Gasteiger partial charge in [0.25, 0.3) is 0 Å². The summed E-state index contributed by atoms with van der Waals surface area (Å²) in [6.45, 7) is 8.11. The molecule has 0 spiro atoms. The van der Waals surface area contributed by atoms with Gasteiger partial charge in [-0.1, -0.05) is 0 Å². The van der Waals surface area contributed by atoms with Crippen molar-refractivity contribution in [3.63, 3.8) is 0 Å². The van der Waals surface area contributed by atoms with Crippen LogP contribution in [0.4, 0.5) is 0 Å². The molecule has 2 nitrogen and oxygen atoms in total. The fourth-order valence-corrected chi connectivity index (χ4v) is 1.98. The monoisotopic (exact) mass is 157 g/mol. The van der Waals surface area contributed by atoms with Crippen LogP contribution in [0.1, 0.15) is 47.0 Å². The first kappa shape index (κ1) is 9.01. The van der Waals surface area contributed by atoms with Crippen molar-refractivity contribution in [1.29, 1.82) is 0 Å². The third-order valence-electron chi connectivity index (χ3n) is 2.68. The van der Waals surface area contributed by atoms with E-state index in [9.17, 15) is 5.21 Å². The van der Waals surface area contributed by atoms with Crippen LogP contribution in [0.5, 0.6) is 0 Å². The molecule has 0 aromatic carbocycles. The summed E-state index contributed by atoms with van der Waals surface area (Å²) in [6.07, 6.45) is 3.23. The van der Waals surface area contributed by atoms with E-state index < -0.39 is 0 Å². The fraction of sp³-hybridized carbons (Fsp3) is 1.00. The third-order valence-corrected chi connectivity index (χ3v) is 2.68. The maximum absolute atomic E-state index is 11.7. The van der Waals surface area contributed by atoms with E-state index in [2.05, 4.69) is 0 Å². The maximum atomic E-state index is 11.7. The van der Waals surface area contributed by atoms with Crippen LogP contribution in [0, 0.1) is 0 Å². The topological polar surface area (TPSA) is 23.1 Å². The van der Waals surface area contributed by atoms with Crippen LogP contribution in [0.3, 0.4) is 0 Å². The summed E-state index contributed by atoms with van der Waals surface area (Å²) in [7, 11) is 0. The van der Waals surface area contributed by atoms with Crippen molar-refractivity contribution in [2.24, 2.45) is 0 Å². The minimum absolute atomic E-state index is 0.151. The van der Waals surface area contributed by atoms with Gasteiger partial charge in [0.2, 0.25) is 0 Å². The zero-order valence-electron chi connectivity index (χ0n) is 7.98. The molecular formula is C9H18NO. The molecule has 11 heavy (non-hydrogen) atoms. The molecule has 0 N–H and O–H groups in total. The average molecular weight is 157 g/mol. The van der Waals surface area contributed by atoms with Crippen molar-refractivity contribution in [3.05, 3.63) is 0 Å². The normalized spacial score (nSPS) is 30.3. The van der Waals surface area contributed by atoms with E-state index >= 15 is 0 Å². The van der Waals surface area contributed by atoms with E-state index in [1.165, 1.54) is 11.5 Å². The van der Waals surface area contributed by atoms with Gasteiger partial charge in [-0.2, -0.15) is 0 Å². The number of hydrogen-bond acceptors (Lipinski definition) is 1. The van der Waals surface area contributed by atoms with Gasteiger partial charge in [0.05, 0.1) is 0 Å². The Labute approximate surface area is 69.2 Å². The molecule has 1 aliphatic heterocycles. The Kier molecular flexibility index (Phi) is 2.01. The van der Waals surface area contributed by atoms with Crippen LogP contribution in [0.2, 0.25) is 0 Å². The molecule has 0 amide bonds. The molecule has 0 unspecified atom stereocenters. The summed E-state index contributed by atoms with van der Waals surface area (Å²) in [5, 5.41) is 13.0. The zero-order chi connectivity index (χ0) is 8.70. The number of rotatable bonds is 0. The lowest BCUT2D eigenvalue weighted by Crippen LogP contribution is -2.55. The minimum Gasteiger partial charge on any atom is -0.144 e. The van der Waals surface area contributed by atoms with Gasteiger partial charge in [0, 0.05) is 11.1 Å². The van der Waals surface area contributed by atoms with Gasteiger partial charge < -0.3 is 0 Å². The first-order chi connectivity index (χ1) is 4.86. The Morgan fingerprint density at radius 3 is 1.64 bits per heavy atom. The van der Waals surface area contributed by atoms with Crippen LogP contribution in [0.15, 0.2) is 0 Å². The van der Waals surface area contributed by atoms with Crippen molar-refractivity contribution in [2.75, 3.05) is 0 Å². The van der Waals surface area contributed by atoms with Crippen LogP contribution < -0.4 is 0 Å². The number of hydroxylamine groups is 2. The first-order valence-corrected chi connectivity index (χ1v) is 4.34. The highest BCUT2D eigenvalue weighted by Crippen LogP contribution is 2.36. The lowest BCUT2D eigenvalue weighted by Gasteiger charge is -2.46. The summed E-state index contributed by atoms with van der Waals surface area (Å²) in [5.41, 5.74) is -0.302. The second-order valence-electron chi connectivity index (χ2n) is 4.77. The van der Waals surface area contributed by atoms with E-state index in [-0.39, 0.29) is 11.1 Å². The molecular weight excluding hydrogens is 139 g/mol. The molecule has 0 aliphatic carbocycles. The summed E-state index contributed by atoms with van der Waals surface area (Å²) < 4.78 is 0. The molecule has 0 aromatic rings. The molecule has 1 aliphatic rings. The molecule has 1 fully saturated rings. The van der Waals surface area contributed by atoms with Gasteiger partial charge in [-0.15, -0.1) is 10.3 Å². The van der Waals surface area contributed by atoms with Gasteiger partial charge >= 0.3 is 0 Å². The summed E-state index contributed by atoms with van der Waals surface area (Å²) in [6, 6.07) is 0. The first-order valence-electron chi connectivity index (χ1n) is 4.34. The molecule has 0 aromatic heterocycles. The molecule has 0 saturated carbocycles. The maximum Gasteiger partial charge on any atom is 0.0443 e. The van der Waals surface area contributed by atoms with Crippen molar-refractivity contribution in [3.8, 4) is 0 Å². The molecule has 1 saturated heterocycles. The Morgan fingerprint density at radius 1 is 1.00 bits per heavy atom. The lowest BCUT2D eigenvalue weighted by molar-refractivity contribution is -0.286. The molecule has 1 radical (unpaired) electrons. The quantitative estimate of drug-likeness (QED) is 0.495. The molecule has 65 valence electrons. The van der Waals surface area contributed by atoms with E-state index in [0.717, 1.165) is 12.8 Å². The standard InChI is InChI=1S/C9H18NO/c1-8(2)6-5-7-9(3,4)10(8)11/h5-7H2,1-4H3/i10+1. The molecule has 2 heteroatoms. The largest absolute Gasteiger partial charge is 0.144 e. The van der Waals surface area contributed by atoms with Crippen molar-refractivity contribution in [1.82, 2.24) is 5.06 Å². The van der Waals surface area contributed by atoms with Crippen molar-refractivity contribution < 1.29 is 5.21 Å². The van der Waals surface area contributed by atoms with Crippen LogP contribution in [-0.4, -0.2) is 16.1 Å². The van der Waals surface area contributed by atoms with Crippen molar-refractivity contribution >= 4 is 0 Å². The van der Waals surface area contributed by atoms with Gasteiger partial charge in [-0.05, 0) is 47.0 Å². The predicted molar refractivity (Wildman–Crippen MR) is 44.5 cm³/mol. The smallest absolute Gasteiger partial charge is 0.0443 e. The summed E-state index contributed by atoms with van der Waals surface area (Å²) >= 11 is 0. The number of nitrogens with zero attached hydrogens (tertiary/aromatic N) is 1. The van der Waals surface area contributed by atoms with Crippen LogP contribution in [0.25, 0.3) is 0 Å². The second-order valence-corrected chi connectivity index (χ2v) is 4.77. The minimum atomic E-state index is -0.151. The Hall–Kier alpha value is -0.0800.